The van der Waals surface area contributed by atoms with E-state index in [1.807, 2.05) is 0 Å². The molecule has 0 bridgehead atoms. The fourth-order valence-electron chi connectivity index (χ4n) is 2.56. The molecule has 0 saturated carbocycles. The number of aliphatic hydroxyl groups is 1. The van der Waals surface area contributed by atoms with Gasteiger partial charge in [-0.1, -0.05) is 12.1 Å². The molecule has 9 heteroatoms. The Morgan fingerprint density at radius 3 is 2.35 bits per heavy atom. The van der Waals surface area contributed by atoms with Crippen molar-refractivity contribution in [1.82, 2.24) is 9.91 Å². The summed E-state index contributed by atoms with van der Waals surface area (Å²) in [6.45, 7) is 0.302. The summed E-state index contributed by atoms with van der Waals surface area (Å²) in [7, 11) is 0. The molecule has 0 atom stereocenters. The number of benzene rings is 1. The molecule has 0 unspecified atom stereocenters. The van der Waals surface area contributed by atoms with Gasteiger partial charge in [-0.05, 0) is 25.0 Å². The van der Waals surface area contributed by atoms with E-state index in [2.05, 4.69) is 5.28 Å². The predicted molar refractivity (Wildman–Crippen MR) is 75.8 cm³/mol. The Bertz CT molecular complexity index is 619. The van der Waals surface area contributed by atoms with Crippen molar-refractivity contribution in [2.45, 2.75) is 18.9 Å². The number of hydrazine groups is 1. The highest BCUT2D eigenvalue weighted by Gasteiger charge is 2.35. The molecule has 9 nitrogen and oxygen atoms in total. The molecule has 3 rings (SSSR count). The van der Waals surface area contributed by atoms with E-state index in [0.29, 0.717) is 37.1 Å². The van der Waals surface area contributed by atoms with Crippen molar-refractivity contribution < 1.29 is 24.5 Å². The lowest BCUT2D eigenvalue weighted by molar-refractivity contribution is -0.713. The number of carbonyl (C=O) groups is 2. The van der Waals surface area contributed by atoms with E-state index in [1.54, 1.807) is 24.3 Å². The van der Waals surface area contributed by atoms with Crippen molar-refractivity contribution in [3.63, 3.8) is 0 Å². The highest BCUT2D eigenvalue weighted by molar-refractivity contribution is 6.21. The maximum Gasteiger partial charge on any atom is 0.264 e. The quantitative estimate of drug-likeness (QED) is 0.375. The molecule has 1 aromatic carbocycles. The minimum atomic E-state index is -0.473. The monoisotopic (exact) mass is 320 g/mol. The third-order valence-corrected chi connectivity index (χ3v) is 3.88. The molecule has 122 valence electrons. The average Bonchev–Trinajstić information content (AvgIpc) is 2.81. The number of nitrogens with zero attached hydrogens (tertiary/aromatic N) is 4. The Labute approximate surface area is 131 Å². The molecule has 0 radical (unpaired) electrons. The van der Waals surface area contributed by atoms with Crippen LogP contribution in [0.5, 0.6) is 0 Å². The van der Waals surface area contributed by atoms with Crippen molar-refractivity contribution in [2.24, 2.45) is 5.28 Å². The van der Waals surface area contributed by atoms with Gasteiger partial charge in [0.05, 0.1) is 35.3 Å². The Morgan fingerprint density at radius 2 is 1.78 bits per heavy atom. The molecule has 0 aliphatic carbocycles. The van der Waals surface area contributed by atoms with Gasteiger partial charge in [0, 0.05) is 0 Å². The number of imide groups is 1. The van der Waals surface area contributed by atoms with Crippen LogP contribution in [0.25, 0.3) is 0 Å². The molecule has 1 saturated heterocycles. The van der Waals surface area contributed by atoms with E-state index in [-0.39, 0.29) is 4.97 Å². The number of hydrogen-bond acceptors (Lipinski definition) is 6. The van der Waals surface area contributed by atoms with Crippen molar-refractivity contribution in [3.8, 4) is 0 Å². The van der Waals surface area contributed by atoms with Gasteiger partial charge in [-0.3, -0.25) is 9.59 Å². The molecule has 1 N–H and O–H groups in total. The molecule has 2 aliphatic heterocycles. The van der Waals surface area contributed by atoms with Crippen molar-refractivity contribution in [3.05, 3.63) is 40.6 Å². The molecule has 0 aromatic heterocycles. The molecule has 1 aromatic rings. The number of aliphatic hydroxyl groups excluding tert-OH is 1. The number of carbonyl (C=O) groups excluding carboxylic acids is 2. The molecular weight excluding hydrogens is 304 g/mol. The lowest BCUT2D eigenvalue weighted by Crippen LogP contribution is -2.40. The number of amides is 2. The van der Waals surface area contributed by atoms with Crippen LogP contribution in [0.15, 0.2) is 29.5 Å². The Balaban J connectivity index is 1.58. The second kappa shape index (κ2) is 6.21. The highest BCUT2D eigenvalue weighted by Crippen LogP contribution is 2.22. The summed E-state index contributed by atoms with van der Waals surface area (Å²) >= 11 is 0. The summed E-state index contributed by atoms with van der Waals surface area (Å²) in [6, 6.07) is 6.46. The van der Waals surface area contributed by atoms with Crippen LogP contribution in [0.1, 0.15) is 33.6 Å². The molecular formula is C14H16N4O5. The van der Waals surface area contributed by atoms with Crippen LogP contribution >= 0.6 is 0 Å². The molecule has 1 fully saturated rings. The molecule has 23 heavy (non-hydrogen) atoms. The van der Waals surface area contributed by atoms with Gasteiger partial charge in [0.25, 0.3) is 11.8 Å². The maximum atomic E-state index is 12.1. The fraction of sp³-hybridized carbons (Fsp3) is 0.429. The summed E-state index contributed by atoms with van der Waals surface area (Å²) < 4.78 is 0. The SMILES string of the molecule is O=C1c2ccccc2C(=O)N1CO/N=[N+](/[O-])N1CCC(O)CC1. The minimum Gasteiger partial charge on any atom is -0.569 e. The van der Waals surface area contributed by atoms with Crippen molar-refractivity contribution in [1.29, 1.82) is 0 Å². The first-order chi connectivity index (χ1) is 11.1. The third-order valence-electron chi connectivity index (χ3n) is 3.88. The van der Waals surface area contributed by atoms with Crippen LogP contribution in [0.4, 0.5) is 0 Å². The van der Waals surface area contributed by atoms with Gasteiger partial charge in [-0.2, -0.15) is 0 Å². The van der Waals surface area contributed by atoms with Gasteiger partial charge in [0.15, 0.2) is 0 Å². The standard InChI is InChI=1S/C14H16N4O5/c19-10-5-7-16(8-6-10)18(22)15-23-9-17-13(20)11-3-1-2-4-12(11)14(17)21/h1-4,10,19H,5-9H2/b18-15+. The van der Waals surface area contributed by atoms with Gasteiger partial charge in [-0.15, -0.1) is 5.01 Å². The van der Waals surface area contributed by atoms with E-state index >= 15 is 0 Å². The summed E-state index contributed by atoms with van der Waals surface area (Å²) in [5.74, 6) is -0.946. The zero-order chi connectivity index (χ0) is 16.4. The highest BCUT2D eigenvalue weighted by atomic mass is 16.7. The Hall–Kier alpha value is -2.68. The summed E-state index contributed by atoms with van der Waals surface area (Å²) in [6.07, 6.45) is 0.554. The van der Waals surface area contributed by atoms with Gasteiger partial charge in [0.2, 0.25) is 12.0 Å². The number of rotatable bonds is 4. The van der Waals surface area contributed by atoms with Crippen LogP contribution in [0.2, 0.25) is 0 Å². The summed E-state index contributed by atoms with van der Waals surface area (Å²) in [5.41, 5.74) is 0.621. The summed E-state index contributed by atoms with van der Waals surface area (Å²) in [4.78, 5) is 30.2. The van der Waals surface area contributed by atoms with Crippen molar-refractivity contribution >= 4 is 11.8 Å². The smallest absolute Gasteiger partial charge is 0.264 e. The van der Waals surface area contributed by atoms with E-state index in [1.165, 1.54) is 5.01 Å². The second-order valence-corrected chi connectivity index (χ2v) is 5.36. The minimum absolute atomic E-state index is 0.282. The lowest BCUT2D eigenvalue weighted by atomic mass is 10.1. The predicted octanol–water partition coefficient (Wildman–Crippen LogP) is 0.506. The van der Waals surface area contributed by atoms with Crippen LogP contribution in [-0.2, 0) is 4.84 Å². The first-order valence-corrected chi connectivity index (χ1v) is 7.26. The van der Waals surface area contributed by atoms with Crippen LogP contribution in [0.3, 0.4) is 0 Å². The third kappa shape index (κ3) is 2.95. The first kappa shape index (κ1) is 15.2. The zero-order valence-corrected chi connectivity index (χ0v) is 12.3. The number of hydrogen-bond donors (Lipinski definition) is 1. The van der Waals surface area contributed by atoms with E-state index in [4.69, 9.17) is 4.84 Å². The van der Waals surface area contributed by atoms with E-state index < -0.39 is 24.6 Å². The van der Waals surface area contributed by atoms with E-state index in [9.17, 15) is 19.9 Å². The fourth-order valence-corrected chi connectivity index (χ4v) is 2.56. The van der Waals surface area contributed by atoms with Crippen molar-refractivity contribution in [2.75, 3.05) is 19.8 Å². The van der Waals surface area contributed by atoms with Crippen LogP contribution in [0, 0.1) is 5.21 Å². The first-order valence-electron chi connectivity index (χ1n) is 7.26. The molecule has 2 heterocycles. The maximum absolute atomic E-state index is 12.1. The molecule has 2 aliphatic rings. The molecule has 2 amide bonds. The van der Waals surface area contributed by atoms with Crippen LogP contribution in [-0.4, -0.2) is 57.7 Å². The Morgan fingerprint density at radius 1 is 1.22 bits per heavy atom. The number of piperidine rings is 1. The number of fused-ring (bicyclic) bond motifs is 1. The van der Waals surface area contributed by atoms with Gasteiger partial charge >= 0.3 is 0 Å². The normalized spacial score (nSPS) is 19.3. The zero-order valence-electron chi connectivity index (χ0n) is 12.3. The topological polar surface area (TPSA) is 109 Å². The largest absolute Gasteiger partial charge is 0.569 e. The van der Waals surface area contributed by atoms with Gasteiger partial charge < -0.3 is 15.2 Å². The Kier molecular flexibility index (Phi) is 4.11. The second-order valence-electron chi connectivity index (χ2n) is 5.36. The average molecular weight is 320 g/mol. The van der Waals surface area contributed by atoms with Gasteiger partial charge in [0.1, 0.15) is 0 Å². The lowest BCUT2D eigenvalue weighted by Gasteiger charge is -2.25. The summed E-state index contributed by atoms with van der Waals surface area (Å²) in [5, 5.41) is 25.8. The van der Waals surface area contributed by atoms with Crippen LogP contribution < -0.4 is 0 Å². The van der Waals surface area contributed by atoms with Gasteiger partial charge in [-0.25, -0.2) is 4.90 Å². The van der Waals surface area contributed by atoms with E-state index in [0.717, 1.165) is 4.90 Å². The molecule has 0 spiro atoms.